The van der Waals surface area contributed by atoms with Gasteiger partial charge in [-0.05, 0) is 25.0 Å². The van der Waals surface area contributed by atoms with Gasteiger partial charge in [-0.3, -0.25) is 4.79 Å². The van der Waals surface area contributed by atoms with Crippen LogP contribution in [0.3, 0.4) is 0 Å². The number of ether oxygens (including phenoxy) is 2. The molecule has 1 fully saturated rings. The highest BCUT2D eigenvalue weighted by atomic mass is 35.5. The van der Waals surface area contributed by atoms with Gasteiger partial charge in [0.1, 0.15) is 16.9 Å². The highest BCUT2D eigenvalue weighted by molar-refractivity contribution is 6.31. The number of nitrogens with zero attached hydrogens (tertiary/aromatic N) is 1. The molecule has 1 saturated heterocycles. The maximum atomic E-state index is 12.6. The standard InChI is InChI=1S/C16H22ClNO3/c1-20-12-7-8-13(14(11-12)21-2)15(17)16(19)18-9-5-3-4-6-10-18/h7-8,11,15H,3-6,9-10H2,1-2H3. The Morgan fingerprint density at radius 3 is 2.38 bits per heavy atom. The average Bonchev–Trinajstić information content (AvgIpc) is 2.82. The zero-order chi connectivity index (χ0) is 15.2. The monoisotopic (exact) mass is 311 g/mol. The Morgan fingerprint density at radius 2 is 1.81 bits per heavy atom. The second kappa shape index (κ2) is 7.55. The van der Waals surface area contributed by atoms with Crippen LogP contribution in [0.25, 0.3) is 0 Å². The minimum absolute atomic E-state index is 0.0398. The van der Waals surface area contributed by atoms with E-state index in [0.717, 1.165) is 25.9 Å². The van der Waals surface area contributed by atoms with Gasteiger partial charge in [-0.15, -0.1) is 11.6 Å². The number of hydrogen-bond acceptors (Lipinski definition) is 3. The number of alkyl halides is 1. The minimum Gasteiger partial charge on any atom is -0.497 e. The lowest BCUT2D eigenvalue weighted by Crippen LogP contribution is -2.34. The van der Waals surface area contributed by atoms with E-state index in [1.807, 2.05) is 4.90 Å². The fourth-order valence-corrected chi connectivity index (χ4v) is 2.93. The van der Waals surface area contributed by atoms with Crippen molar-refractivity contribution in [1.29, 1.82) is 0 Å². The third-order valence-corrected chi connectivity index (χ3v) is 4.27. The van der Waals surface area contributed by atoms with E-state index >= 15 is 0 Å². The third kappa shape index (κ3) is 3.82. The highest BCUT2D eigenvalue weighted by Gasteiger charge is 2.27. The number of benzene rings is 1. The van der Waals surface area contributed by atoms with Crippen LogP contribution < -0.4 is 9.47 Å². The Kier molecular flexibility index (Phi) is 5.74. The number of rotatable bonds is 4. The number of methoxy groups -OCH3 is 2. The maximum Gasteiger partial charge on any atom is 0.245 e. The first-order valence-electron chi connectivity index (χ1n) is 7.32. The third-order valence-electron chi connectivity index (χ3n) is 3.85. The van der Waals surface area contributed by atoms with Crippen LogP contribution in [0, 0.1) is 0 Å². The molecular formula is C16H22ClNO3. The number of carbonyl (C=O) groups is 1. The Morgan fingerprint density at radius 1 is 1.14 bits per heavy atom. The van der Waals surface area contributed by atoms with Gasteiger partial charge in [0.05, 0.1) is 14.2 Å². The summed E-state index contributed by atoms with van der Waals surface area (Å²) in [5.41, 5.74) is 0.689. The van der Waals surface area contributed by atoms with E-state index in [-0.39, 0.29) is 5.91 Å². The lowest BCUT2D eigenvalue weighted by atomic mass is 10.1. The van der Waals surface area contributed by atoms with Gasteiger partial charge in [-0.1, -0.05) is 12.8 Å². The summed E-state index contributed by atoms with van der Waals surface area (Å²) < 4.78 is 10.5. The molecular weight excluding hydrogens is 290 g/mol. The van der Waals surface area contributed by atoms with Crippen molar-refractivity contribution >= 4 is 17.5 Å². The summed E-state index contributed by atoms with van der Waals surface area (Å²) >= 11 is 6.41. The largest absolute Gasteiger partial charge is 0.497 e. The van der Waals surface area contributed by atoms with E-state index in [0.29, 0.717) is 17.1 Å². The molecule has 2 rings (SSSR count). The van der Waals surface area contributed by atoms with E-state index in [1.165, 1.54) is 12.8 Å². The molecule has 1 aliphatic heterocycles. The predicted molar refractivity (Wildman–Crippen MR) is 83.2 cm³/mol. The van der Waals surface area contributed by atoms with Crippen LogP contribution in [0.2, 0.25) is 0 Å². The molecule has 21 heavy (non-hydrogen) atoms. The van der Waals surface area contributed by atoms with Gasteiger partial charge >= 0.3 is 0 Å². The number of carbonyl (C=O) groups excluding carboxylic acids is 1. The first-order chi connectivity index (χ1) is 10.2. The maximum absolute atomic E-state index is 12.6. The molecule has 0 radical (unpaired) electrons. The zero-order valence-corrected chi connectivity index (χ0v) is 13.4. The number of halogens is 1. The fraction of sp³-hybridized carbons (Fsp3) is 0.562. The molecule has 0 saturated carbocycles. The molecule has 5 heteroatoms. The minimum atomic E-state index is -0.719. The summed E-state index contributed by atoms with van der Waals surface area (Å²) in [6, 6.07) is 5.34. The van der Waals surface area contributed by atoms with Gasteiger partial charge in [-0.25, -0.2) is 0 Å². The van der Waals surface area contributed by atoms with E-state index in [4.69, 9.17) is 21.1 Å². The SMILES string of the molecule is COc1ccc(C(Cl)C(=O)N2CCCCCC2)c(OC)c1. The fourth-order valence-electron chi connectivity index (χ4n) is 2.61. The summed E-state index contributed by atoms with van der Waals surface area (Å²) in [7, 11) is 3.16. The second-order valence-corrected chi connectivity index (χ2v) is 5.65. The summed E-state index contributed by atoms with van der Waals surface area (Å²) in [6.45, 7) is 1.58. The molecule has 0 N–H and O–H groups in total. The molecule has 1 aromatic rings. The van der Waals surface area contributed by atoms with Crippen LogP contribution in [-0.2, 0) is 4.79 Å². The van der Waals surface area contributed by atoms with Gasteiger partial charge in [0.2, 0.25) is 5.91 Å². The molecule has 4 nitrogen and oxygen atoms in total. The highest BCUT2D eigenvalue weighted by Crippen LogP contribution is 2.34. The molecule has 1 unspecified atom stereocenters. The molecule has 1 aliphatic rings. The molecule has 0 aromatic heterocycles. The van der Waals surface area contributed by atoms with Gasteiger partial charge in [0, 0.05) is 24.7 Å². The summed E-state index contributed by atoms with van der Waals surface area (Å²) in [5.74, 6) is 1.22. The molecule has 1 amide bonds. The molecule has 0 spiro atoms. The van der Waals surface area contributed by atoms with Gasteiger partial charge in [-0.2, -0.15) is 0 Å². The average molecular weight is 312 g/mol. The van der Waals surface area contributed by atoms with Crippen molar-refractivity contribution in [1.82, 2.24) is 4.90 Å². The Hall–Kier alpha value is -1.42. The zero-order valence-electron chi connectivity index (χ0n) is 12.6. The van der Waals surface area contributed by atoms with Crippen molar-refractivity contribution in [3.63, 3.8) is 0 Å². The van der Waals surface area contributed by atoms with E-state index in [9.17, 15) is 4.79 Å². The molecule has 1 atom stereocenters. The van der Waals surface area contributed by atoms with Crippen molar-refractivity contribution in [2.24, 2.45) is 0 Å². The molecule has 0 bridgehead atoms. The van der Waals surface area contributed by atoms with Crippen molar-refractivity contribution in [2.45, 2.75) is 31.1 Å². The van der Waals surface area contributed by atoms with Crippen molar-refractivity contribution in [2.75, 3.05) is 27.3 Å². The number of likely N-dealkylation sites (tertiary alicyclic amines) is 1. The van der Waals surface area contributed by atoms with Crippen LogP contribution in [0.1, 0.15) is 36.6 Å². The molecule has 116 valence electrons. The van der Waals surface area contributed by atoms with Crippen LogP contribution in [0.15, 0.2) is 18.2 Å². The number of amides is 1. The Bertz CT molecular complexity index is 484. The first kappa shape index (κ1) is 16.0. The Balaban J connectivity index is 2.18. The molecule has 1 aromatic carbocycles. The second-order valence-electron chi connectivity index (χ2n) is 5.21. The van der Waals surface area contributed by atoms with Gasteiger partial charge in [0.25, 0.3) is 0 Å². The lowest BCUT2D eigenvalue weighted by Gasteiger charge is -2.24. The van der Waals surface area contributed by atoms with Crippen LogP contribution in [-0.4, -0.2) is 38.1 Å². The predicted octanol–water partition coefficient (Wildman–Crippen LogP) is 3.39. The quantitative estimate of drug-likeness (QED) is 0.800. The van der Waals surface area contributed by atoms with Crippen molar-refractivity contribution in [3.8, 4) is 11.5 Å². The molecule has 0 aliphatic carbocycles. The smallest absolute Gasteiger partial charge is 0.245 e. The van der Waals surface area contributed by atoms with E-state index in [2.05, 4.69) is 0 Å². The summed E-state index contributed by atoms with van der Waals surface area (Å²) in [6.07, 6.45) is 4.47. The topological polar surface area (TPSA) is 38.8 Å². The lowest BCUT2D eigenvalue weighted by molar-refractivity contribution is -0.130. The summed E-state index contributed by atoms with van der Waals surface area (Å²) in [5, 5.41) is -0.719. The van der Waals surface area contributed by atoms with Crippen molar-refractivity contribution in [3.05, 3.63) is 23.8 Å². The molecule has 1 heterocycles. The van der Waals surface area contributed by atoms with E-state index in [1.54, 1.807) is 32.4 Å². The Labute approximate surface area is 131 Å². The first-order valence-corrected chi connectivity index (χ1v) is 7.75. The van der Waals surface area contributed by atoms with Gasteiger partial charge in [0.15, 0.2) is 0 Å². The van der Waals surface area contributed by atoms with Crippen LogP contribution in [0.5, 0.6) is 11.5 Å². The van der Waals surface area contributed by atoms with Crippen LogP contribution in [0.4, 0.5) is 0 Å². The van der Waals surface area contributed by atoms with Crippen LogP contribution >= 0.6 is 11.6 Å². The van der Waals surface area contributed by atoms with E-state index < -0.39 is 5.38 Å². The van der Waals surface area contributed by atoms with Crippen molar-refractivity contribution < 1.29 is 14.3 Å². The normalized spacial score (nSPS) is 17.0. The number of hydrogen-bond donors (Lipinski definition) is 0. The van der Waals surface area contributed by atoms with Gasteiger partial charge < -0.3 is 14.4 Å². The summed E-state index contributed by atoms with van der Waals surface area (Å²) in [4.78, 5) is 14.5.